The number of unbranched alkanes of at least 4 members (excludes halogenated alkanes) is 3. The maximum atomic E-state index is 14.7. The van der Waals surface area contributed by atoms with Crippen LogP contribution in [0.2, 0.25) is 0 Å². The molecule has 11 nitrogen and oxygen atoms in total. The van der Waals surface area contributed by atoms with Crippen LogP contribution in [0.4, 0.5) is 9.18 Å². The van der Waals surface area contributed by atoms with E-state index in [-0.39, 0.29) is 31.0 Å². The minimum Gasteiger partial charge on any atom is -0.483 e. The molecule has 1 aliphatic carbocycles. The molecule has 1 aromatic carbocycles. The van der Waals surface area contributed by atoms with Crippen LogP contribution >= 0.6 is 0 Å². The Labute approximate surface area is 299 Å². The Hall–Kier alpha value is -4.48. The zero-order chi connectivity index (χ0) is 37.1. The Kier molecular flexibility index (Phi) is 11.1. The predicted octanol–water partition coefficient (Wildman–Crippen LogP) is 6.00. The number of para-hydroxylation sites is 1. The number of hydrogen-bond donors (Lipinski definition) is 2. The number of benzene rings is 1. The van der Waals surface area contributed by atoms with E-state index in [9.17, 15) is 23.6 Å². The van der Waals surface area contributed by atoms with Crippen LogP contribution in [0.15, 0.2) is 43.5 Å². The number of fused-ring (bicyclic) bond motifs is 3. The summed E-state index contributed by atoms with van der Waals surface area (Å²) in [6.07, 6.45) is 7.61. The van der Waals surface area contributed by atoms with E-state index in [0.717, 1.165) is 24.8 Å². The second-order valence-corrected chi connectivity index (χ2v) is 15.0. The van der Waals surface area contributed by atoms with E-state index < -0.39 is 58.5 Å². The fourth-order valence-corrected chi connectivity index (χ4v) is 7.39. The number of likely N-dealkylation sites (tertiary alicyclic amines) is 1. The van der Waals surface area contributed by atoms with Crippen LogP contribution in [0.5, 0.6) is 5.75 Å². The highest BCUT2D eigenvalue weighted by Crippen LogP contribution is 2.47. The van der Waals surface area contributed by atoms with Gasteiger partial charge < -0.3 is 29.7 Å². The van der Waals surface area contributed by atoms with E-state index >= 15 is 0 Å². The van der Waals surface area contributed by atoms with E-state index in [4.69, 9.17) is 14.2 Å². The summed E-state index contributed by atoms with van der Waals surface area (Å²) in [5, 5.41) is 6.36. The van der Waals surface area contributed by atoms with Gasteiger partial charge in [-0.2, -0.15) is 0 Å². The number of esters is 1. The quantitative estimate of drug-likeness (QED) is 0.147. The van der Waals surface area contributed by atoms with Gasteiger partial charge in [0.25, 0.3) is 0 Å². The molecule has 5 atom stereocenters. The molecule has 5 rings (SSSR count). The fraction of sp³-hybridized carbons (Fsp3) is 0.564. The number of halogens is 1. The van der Waals surface area contributed by atoms with Gasteiger partial charge in [-0.05, 0) is 79.2 Å². The number of amides is 3. The summed E-state index contributed by atoms with van der Waals surface area (Å²) >= 11 is 0. The monoisotopic (exact) mass is 706 g/mol. The zero-order valence-electron chi connectivity index (χ0n) is 30.4. The van der Waals surface area contributed by atoms with Crippen molar-refractivity contribution in [2.24, 2.45) is 5.92 Å². The summed E-state index contributed by atoms with van der Waals surface area (Å²) in [6, 6.07) is 2.80. The molecule has 1 unspecified atom stereocenters. The molecule has 1 saturated carbocycles. The molecule has 2 aliphatic heterocycles. The predicted molar refractivity (Wildman–Crippen MR) is 190 cm³/mol. The van der Waals surface area contributed by atoms with Crippen LogP contribution in [-0.2, 0) is 30.3 Å². The molecular formula is C39H51FN4O7. The molecule has 1 aromatic heterocycles. The van der Waals surface area contributed by atoms with Crippen molar-refractivity contribution in [2.75, 3.05) is 13.2 Å². The number of aryl methyl sites for hydroxylation is 2. The molecule has 3 amide bonds. The molecule has 2 N–H and O–H groups in total. The number of nitrogens with zero attached hydrogens (tertiary/aromatic N) is 2. The number of rotatable bonds is 13. The number of alkyl carbamates (subject to hydrolysis) is 1. The first-order valence-corrected chi connectivity index (χ1v) is 18.0. The number of ether oxygens (including phenoxy) is 3. The normalized spacial score (nSPS) is 24.2. The van der Waals surface area contributed by atoms with E-state index in [1.54, 1.807) is 46.8 Å². The van der Waals surface area contributed by atoms with Crippen LogP contribution in [0.1, 0.15) is 90.3 Å². The maximum Gasteiger partial charge on any atom is 0.408 e. The Morgan fingerprint density at radius 1 is 1.18 bits per heavy atom. The summed E-state index contributed by atoms with van der Waals surface area (Å²) in [5.41, 5.74) is -1.46. The molecule has 12 heteroatoms. The van der Waals surface area contributed by atoms with E-state index in [2.05, 4.69) is 28.8 Å². The van der Waals surface area contributed by atoms with E-state index in [0.29, 0.717) is 48.9 Å². The van der Waals surface area contributed by atoms with Crippen molar-refractivity contribution in [2.45, 2.75) is 121 Å². The third-order valence-electron chi connectivity index (χ3n) is 10.0. The highest BCUT2D eigenvalue weighted by atomic mass is 19.1. The summed E-state index contributed by atoms with van der Waals surface area (Å²) in [7, 11) is 0. The lowest BCUT2D eigenvalue weighted by atomic mass is 9.87. The van der Waals surface area contributed by atoms with Crippen LogP contribution in [0, 0.1) is 18.7 Å². The lowest BCUT2D eigenvalue weighted by Crippen LogP contribution is -2.57. The first kappa shape index (κ1) is 37.8. The van der Waals surface area contributed by atoms with Crippen LogP contribution in [0.3, 0.4) is 0 Å². The molecule has 3 heterocycles. The number of carbonyl (C=O) groups is 4. The van der Waals surface area contributed by atoms with Crippen LogP contribution in [0.25, 0.3) is 10.9 Å². The average Bonchev–Trinajstić information content (AvgIpc) is 3.67. The van der Waals surface area contributed by atoms with Crippen molar-refractivity contribution in [3.63, 3.8) is 0 Å². The molecule has 0 radical (unpaired) electrons. The van der Waals surface area contributed by atoms with Gasteiger partial charge in [0.1, 0.15) is 45.9 Å². The van der Waals surface area contributed by atoms with Crippen molar-refractivity contribution >= 4 is 34.8 Å². The Balaban J connectivity index is 1.48. The number of carbonyl (C=O) groups excluding carboxylic acids is 4. The summed E-state index contributed by atoms with van der Waals surface area (Å²) < 4.78 is 32.4. The Morgan fingerprint density at radius 3 is 2.61 bits per heavy atom. The van der Waals surface area contributed by atoms with Gasteiger partial charge >= 0.3 is 12.1 Å². The Morgan fingerprint density at radius 2 is 1.94 bits per heavy atom. The van der Waals surface area contributed by atoms with Crippen LogP contribution in [-0.4, -0.2) is 75.7 Å². The Bertz CT molecular complexity index is 1710. The second-order valence-electron chi connectivity index (χ2n) is 15.0. The fourth-order valence-electron chi connectivity index (χ4n) is 7.39. The van der Waals surface area contributed by atoms with Gasteiger partial charge in [0.05, 0.1) is 18.8 Å². The minimum absolute atomic E-state index is 0.0459. The molecule has 0 bridgehead atoms. The SMILES string of the molecule is C=CCCCCC[C@H](NC(=O)OC(C)(C)C)C(=O)N1C[C@@]2(CCc3c(c(C)nc4c(F)cccc34)O2)C[C@H]1C(=O)NC1(C(=O)OCC)C[C@H]1C=C. The van der Waals surface area contributed by atoms with Gasteiger partial charge in [0.2, 0.25) is 11.8 Å². The summed E-state index contributed by atoms with van der Waals surface area (Å²) in [6.45, 7) is 16.5. The number of pyridine rings is 1. The lowest BCUT2D eigenvalue weighted by Gasteiger charge is -2.36. The zero-order valence-corrected chi connectivity index (χ0v) is 30.4. The highest BCUT2D eigenvalue weighted by Gasteiger charge is 2.63. The number of nitrogens with one attached hydrogen (secondary N) is 2. The van der Waals surface area contributed by atoms with Gasteiger partial charge in [-0.3, -0.25) is 9.59 Å². The van der Waals surface area contributed by atoms with Gasteiger partial charge in [0.15, 0.2) is 0 Å². The smallest absolute Gasteiger partial charge is 0.408 e. The maximum absolute atomic E-state index is 14.7. The second kappa shape index (κ2) is 15.0. The highest BCUT2D eigenvalue weighted by molar-refractivity contribution is 5.97. The average molecular weight is 707 g/mol. The first-order chi connectivity index (χ1) is 24.2. The molecule has 51 heavy (non-hydrogen) atoms. The van der Waals surface area contributed by atoms with E-state index in [1.807, 2.05) is 12.1 Å². The molecule has 2 fully saturated rings. The molecule has 3 aliphatic rings. The molecule has 1 saturated heterocycles. The minimum atomic E-state index is -1.28. The van der Waals surface area contributed by atoms with Gasteiger partial charge in [-0.15, -0.1) is 13.2 Å². The number of hydrogen-bond acceptors (Lipinski definition) is 8. The summed E-state index contributed by atoms with van der Waals surface area (Å²) in [4.78, 5) is 61.1. The van der Waals surface area contributed by atoms with Gasteiger partial charge in [-0.1, -0.05) is 37.1 Å². The van der Waals surface area contributed by atoms with Gasteiger partial charge in [-0.25, -0.2) is 19.0 Å². The molecule has 276 valence electrons. The number of allylic oxidation sites excluding steroid dienone is 1. The van der Waals surface area contributed by atoms with Crippen molar-refractivity contribution in [1.29, 1.82) is 0 Å². The molecular weight excluding hydrogens is 655 g/mol. The third kappa shape index (κ3) is 8.05. The van der Waals surface area contributed by atoms with E-state index in [1.165, 1.54) is 11.0 Å². The lowest BCUT2D eigenvalue weighted by molar-refractivity contribution is -0.150. The van der Waals surface area contributed by atoms with Gasteiger partial charge in [0, 0.05) is 23.3 Å². The van der Waals surface area contributed by atoms with Crippen molar-refractivity contribution < 1.29 is 37.8 Å². The van der Waals surface area contributed by atoms with Crippen molar-refractivity contribution in [1.82, 2.24) is 20.5 Å². The first-order valence-electron chi connectivity index (χ1n) is 18.0. The standard InChI is InChI=1S/C39H51FN4O7/c1-8-11-12-13-14-18-29(42-36(48)51-37(5,6)7)34(46)44-23-38(22-30(44)33(45)43-39(21-25(39)9-2)35(47)49-10-3)20-19-27-26-16-15-17-28(40)31(26)41-24(4)32(27)50-38/h8-9,15-17,25,29-30H,1-2,10-14,18-23H2,3-7H3,(H,42,48)(H,43,45)/t25-,29+,30+,38-,39?/m1/s1. The summed E-state index contributed by atoms with van der Waals surface area (Å²) in [5.74, 6) is -1.76. The molecule has 2 aromatic rings. The number of aromatic nitrogens is 1. The largest absolute Gasteiger partial charge is 0.483 e. The van der Waals surface area contributed by atoms with Crippen molar-refractivity contribution in [3.05, 3.63) is 60.6 Å². The van der Waals surface area contributed by atoms with Crippen molar-refractivity contribution in [3.8, 4) is 5.75 Å². The topological polar surface area (TPSA) is 136 Å². The van der Waals surface area contributed by atoms with Crippen LogP contribution < -0.4 is 15.4 Å². The molecule has 1 spiro atoms. The third-order valence-corrected chi connectivity index (χ3v) is 10.0.